The molecule has 1 aliphatic rings. The lowest BCUT2D eigenvalue weighted by Crippen LogP contribution is -2.34. The second-order valence-corrected chi connectivity index (χ2v) is 7.67. The first-order valence-electron chi connectivity index (χ1n) is 10.1. The van der Waals surface area contributed by atoms with Crippen molar-refractivity contribution in [2.24, 2.45) is 0 Å². The first-order chi connectivity index (χ1) is 13.6. The van der Waals surface area contributed by atoms with Gasteiger partial charge < -0.3 is 9.15 Å². The summed E-state index contributed by atoms with van der Waals surface area (Å²) in [5, 5.41) is 1.04. The Bertz CT molecular complexity index is 1040. The van der Waals surface area contributed by atoms with E-state index < -0.39 is 0 Å². The monoisotopic (exact) mass is 377 g/mol. The molecule has 4 heteroatoms. The first kappa shape index (κ1) is 18.8. The molecule has 0 fully saturated rings. The van der Waals surface area contributed by atoms with Crippen LogP contribution in [0, 0.1) is 6.92 Å². The van der Waals surface area contributed by atoms with Crippen LogP contribution in [-0.4, -0.2) is 11.6 Å². The molecule has 1 atom stereocenters. The summed E-state index contributed by atoms with van der Waals surface area (Å²) in [4.78, 5) is 14.4. The quantitative estimate of drug-likeness (QED) is 0.562. The zero-order valence-electron chi connectivity index (χ0n) is 16.8. The average molecular weight is 377 g/mol. The van der Waals surface area contributed by atoms with E-state index in [2.05, 4.69) is 49.1 Å². The highest BCUT2D eigenvalue weighted by atomic mass is 16.5. The van der Waals surface area contributed by atoms with Gasteiger partial charge in [-0.15, -0.1) is 0 Å². The highest BCUT2D eigenvalue weighted by molar-refractivity contribution is 5.86. The van der Waals surface area contributed by atoms with E-state index in [1.807, 2.05) is 13.0 Å². The van der Waals surface area contributed by atoms with Crippen molar-refractivity contribution in [2.75, 3.05) is 6.73 Å². The van der Waals surface area contributed by atoms with Gasteiger partial charge in [0.05, 0.1) is 0 Å². The Kier molecular flexibility index (Phi) is 5.23. The van der Waals surface area contributed by atoms with Crippen LogP contribution in [0.2, 0.25) is 0 Å². The van der Waals surface area contributed by atoms with Crippen molar-refractivity contribution < 1.29 is 9.15 Å². The Balaban J connectivity index is 1.74. The molecular weight excluding hydrogens is 350 g/mol. The van der Waals surface area contributed by atoms with Crippen LogP contribution in [0.4, 0.5) is 0 Å². The minimum Gasteiger partial charge on any atom is -0.477 e. The topological polar surface area (TPSA) is 42.7 Å². The Morgan fingerprint density at radius 2 is 1.96 bits per heavy atom. The molecule has 1 aliphatic heterocycles. The molecule has 0 radical (unpaired) electrons. The molecule has 0 bridgehead atoms. The minimum absolute atomic E-state index is 0.263. The molecule has 0 saturated heterocycles. The maximum atomic E-state index is 12.1. The molecule has 4 rings (SSSR count). The highest BCUT2D eigenvalue weighted by Crippen LogP contribution is 2.37. The van der Waals surface area contributed by atoms with Crippen LogP contribution in [0.3, 0.4) is 0 Å². The van der Waals surface area contributed by atoms with E-state index in [9.17, 15) is 4.79 Å². The van der Waals surface area contributed by atoms with Crippen LogP contribution in [0.15, 0.2) is 51.7 Å². The normalized spacial score (nSPS) is 15.2. The van der Waals surface area contributed by atoms with Gasteiger partial charge in [0.1, 0.15) is 18.1 Å². The summed E-state index contributed by atoms with van der Waals surface area (Å²) in [7, 11) is 0. The van der Waals surface area contributed by atoms with E-state index in [0.717, 1.165) is 53.6 Å². The molecule has 3 aromatic rings. The zero-order valence-corrected chi connectivity index (χ0v) is 16.8. The van der Waals surface area contributed by atoms with Gasteiger partial charge in [-0.25, -0.2) is 4.79 Å². The van der Waals surface area contributed by atoms with Gasteiger partial charge >= 0.3 is 5.63 Å². The second-order valence-electron chi connectivity index (χ2n) is 7.67. The molecule has 0 saturated carbocycles. The summed E-state index contributed by atoms with van der Waals surface area (Å²) < 4.78 is 11.7. The molecule has 2 aromatic carbocycles. The van der Waals surface area contributed by atoms with E-state index in [1.54, 1.807) is 6.07 Å². The largest absolute Gasteiger partial charge is 0.477 e. The number of hydrogen-bond acceptors (Lipinski definition) is 4. The summed E-state index contributed by atoms with van der Waals surface area (Å²) in [5.74, 6) is 0.861. The Morgan fingerprint density at radius 1 is 1.18 bits per heavy atom. The number of nitrogens with zero attached hydrogens (tertiary/aromatic N) is 1. The SMILES string of the molecule is CCCCc1cc(=O)oc2c(C)c3c(cc12)CN([C@@H](C)c1ccccc1)CO3. The number of ether oxygens (including phenoxy) is 1. The molecular formula is C24H27NO3. The van der Waals surface area contributed by atoms with E-state index >= 15 is 0 Å². The molecule has 146 valence electrons. The van der Waals surface area contributed by atoms with Crippen LogP contribution >= 0.6 is 0 Å². The fourth-order valence-electron chi connectivity index (χ4n) is 4.07. The first-order valence-corrected chi connectivity index (χ1v) is 10.1. The molecule has 2 heterocycles. The maximum Gasteiger partial charge on any atom is 0.336 e. The molecule has 0 unspecified atom stereocenters. The van der Waals surface area contributed by atoms with Gasteiger partial charge in [0, 0.05) is 35.2 Å². The molecule has 0 spiro atoms. The summed E-state index contributed by atoms with van der Waals surface area (Å²) in [6, 6.07) is 14.6. The van der Waals surface area contributed by atoms with E-state index in [1.165, 1.54) is 5.56 Å². The third kappa shape index (κ3) is 3.45. The molecule has 28 heavy (non-hydrogen) atoms. The van der Waals surface area contributed by atoms with Crippen LogP contribution in [0.25, 0.3) is 11.0 Å². The Hall–Kier alpha value is -2.59. The third-order valence-electron chi connectivity index (χ3n) is 5.75. The van der Waals surface area contributed by atoms with Crippen molar-refractivity contribution in [3.8, 4) is 5.75 Å². The molecule has 0 amide bonds. The van der Waals surface area contributed by atoms with Crippen LogP contribution < -0.4 is 10.4 Å². The van der Waals surface area contributed by atoms with E-state index in [-0.39, 0.29) is 11.7 Å². The number of benzene rings is 2. The second kappa shape index (κ2) is 7.80. The lowest BCUT2D eigenvalue weighted by molar-refractivity contribution is 0.0613. The molecule has 4 nitrogen and oxygen atoms in total. The number of unbranched alkanes of at least 4 members (excludes halogenated alkanes) is 1. The van der Waals surface area contributed by atoms with Crippen molar-refractivity contribution in [1.29, 1.82) is 0 Å². The predicted molar refractivity (Wildman–Crippen MR) is 112 cm³/mol. The fraction of sp³-hybridized carbons (Fsp3) is 0.375. The van der Waals surface area contributed by atoms with Crippen molar-refractivity contribution in [2.45, 2.75) is 52.6 Å². The van der Waals surface area contributed by atoms with Gasteiger partial charge in [-0.2, -0.15) is 0 Å². The molecule has 1 aromatic heterocycles. The summed E-state index contributed by atoms with van der Waals surface area (Å²) >= 11 is 0. The van der Waals surface area contributed by atoms with Crippen molar-refractivity contribution in [1.82, 2.24) is 4.90 Å². The molecule has 0 aliphatic carbocycles. The van der Waals surface area contributed by atoms with Gasteiger partial charge in [0.15, 0.2) is 0 Å². The fourth-order valence-corrected chi connectivity index (χ4v) is 4.07. The number of hydrogen-bond donors (Lipinski definition) is 0. The summed E-state index contributed by atoms with van der Waals surface area (Å²) in [5.41, 5.74) is 4.83. The average Bonchev–Trinajstić information content (AvgIpc) is 2.72. The number of rotatable bonds is 5. The van der Waals surface area contributed by atoms with Crippen molar-refractivity contribution in [3.63, 3.8) is 0 Å². The Labute approximate surface area is 165 Å². The van der Waals surface area contributed by atoms with Crippen molar-refractivity contribution in [3.05, 3.63) is 75.1 Å². The Morgan fingerprint density at radius 3 is 2.71 bits per heavy atom. The van der Waals surface area contributed by atoms with E-state index in [0.29, 0.717) is 12.3 Å². The maximum absolute atomic E-state index is 12.1. The van der Waals surface area contributed by atoms with Gasteiger partial charge in [0.25, 0.3) is 0 Å². The number of fused-ring (bicyclic) bond motifs is 2. The van der Waals surface area contributed by atoms with Crippen LogP contribution in [-0.2, 0) is 13.0 Å². The highest BCUT2D eigenvalue weighted by Gasteiger charge is 2.26. The van der Waals surface area contributed by atoms with Gasteiger partial charge in [-0.1, -0.05) is 43.7 Å². The minimum atomic E-state index is -0.281. The summed E-state index contributed by atoms with van der Waals surface area (Å²) in [6.45, 7) is 7.70. The van der Waals surface area contributed by atoms with Gasteiger partial charge in [0.2, 0.25) is 0 Å². The van der Waals surface area contributed by atoms with E-state index in [4.69, 9.17) is 9.15 Å². The lowest BCUT2D eigenvalue weighted by Gasteiger charge is -2.34. The standard InChI is InChI=1S/C24H27NO3/c1-4-5-9-19-13-22(26)28-24-16(2)23-20(12-21(19)24)14-25(15-27-23)17(3)18-10-7-6-8-11-18/h6-8,10-13,17H,4-5,9,14-15H2,1-3H3/t17-/m0/s1. The smallest absolute Gasteiger partial charge is 0.336 e. The van der Waals surface area contributed by atoms with Gasteiger partial charge in [-0.3, -0.25) is 4.90 Å². The van der Waals surface area contributed by atoms with Crippen LogP contribution in [0.5, 0.6) is 5.75 Å². The zero-order chi connectivity index (χ0) is 19.7. The summed E-state index contributed by atoms with van der Waals surface area (Å²) in [6.07, 6.45) is 3.04. The molecule has 0 N–H and O–H groups in total. The third-order valence-corrected chi connectivity index (χ3v) is 5.75. The van der Waals surface area contributed by atoms with Crippen molar-refractivity contribution >= 4 is 11.0 Å². The van der Waals surface area contributed by atoms with Gasteiger partial charge in [-0.05, 0) is 43.9 Å². The number of aryl methyl sites for hydroxylation is 2. The van der Waals surface area contributed by atoms with Crippen LogP contribution in [0.1, 0.15) is 55.0 Å². The predicted octanol–water partition coefficient (Wildman–Crippen LogP) is 5.36. The lowest BCUT2D eigenvalue weighted by atomic mass is 9.97.